The van der Waals surface area contributed by atoms with Crippen molar-refractivity contribution in [3.63, 3.8) is 0 Å². The van der Waals surface area contributed by atoms with Crippen LogP contribution in [0.25, 0.3) is 0 Å². The summed E-state index contributed by atoms with van der Waals surface area (Å²) in [6.07, 6.45) is 100. The zero-order valence-corrected chi connectivity index (χ0v) is 45.8. The smallest absolute Gasteiger partial charge is 2.00 e. The van der Waals surface area contributed by atoms with E-state index in [1.807, 2.05) is 122 Å². The van der Waals surface area contributed by atoms with Crippen LogP contribution in [0.1, 0.15) is 64.2 Å². The van der Waals surface area contributed by atoms with Gasteiger partial charge in [-0.3, -0.25) is 60.8 Å². The molecule has 0 N–H and O–H groups in total. The summed E-state index contributed by atoms with van der Waals surface area (Å²) in [5.74, 6) is 0. The predicted molar refractivity (Wildman–Crippen MR) is 253 cm³/mol. The van der Waals surface area contributed by atoms with Crippen LogP contribution in [0.3, 0.4) is 0 Å². The average molecular weight is 1050 g/mol. The van der Waals surface area contributed by atoms with Gasteiger partial charge in [-0.25, -0.2) is 122 Å². The molecule has 10 aliphatic rings. The molecule has 0 aromatic rings. The molecule has 0 bridgehead atoms. The fourth-order valence-electron chi connectivity index (χ4n) is 3.40. The molecule has 10 heteroatoms. The molecule has 10 rings (SSSR count). The Kier molecular flexibility index (Phi) is 111. The van der Waals surface area contributed by atoms with Crippen molar-refractivity contribution in [3.8, 4) is 0 Å². The summed E-state index contributed by atoms with van der Waals surface area (Å²) in [5, 5.41) is 0. The van der Waals surface area contributed by atoms with Crippen LogP contribution in [0.5, 0.6) is 0 Å². The third-order valence-corrected chi connectivity index (χ3v) is 5.86. The third kappa shape index (κ3) is 75.5. The zero-order chi connectivity index (χ0) is 35.4. The molecule has 0 saturated heterocycles. The van der Waals surface area contributed by atoms with Crippen LogP contribution in [0.15, 0.2) is 182 Å². The van der Waals surface area contributed by atoms with E-state index in [1.54, 1.807) is 0 Å². The maximum atomic E-state index is 2.99. The van der Waals surface area contributed by atoms with Crippen molar-refractivity contribution in [1.82, 2.24) is 0 Å². The summed E-state index contributed by atoms with van der Waals surface area (Å²) in [5.41, 5.74) is 0. The van der Waals surface area contributed by atoms with E-state index >= 15 is 0 Å². The number of hydrogen-bond acceptors (Lipinski definition) is 0. The van der Waals surface area contributed by atoms with E-state index in [9.17, 15) is 0 Å². The molecule has 0 aliphatic heterocycles. The van der Waals surface area contributed by atoms with Crippen LogP contribution in [0.2, 0.25) is 0 Å². The first-order valence-electron chi connectivity index (χ1n) is 17.2. The summed E-state index contributed by atoms with van der Waals surface area (Å²) in [7, 11) is 0. The molecular formula is C50H50S5Ti5. The molecule has 0 fully saturated rings. The summed E-state index contributed by atoms with van der Waals surface area (Å²) < 4.78 is 0. The van der Waals surface area contributed by atoms with Gasteiger partial charge in [0, 0.05) is 0 Å². The van der Waals surface area contributed by atoms with Gasteiger partial charge >= 0.3 is 109 Å². The molecule has 0 radical (unpaired) electrons. The predicted octanol–water partition coefficient (Wildman–Crippen LogP) is 13.0. The number of hydrogen-bond donors (Lipinski definition) is 0. The molecule has 0 unspecified atom stereocenters. The van der Waals surface area contributed by atoms with Crippen LogP contribution >= 0.6 is 0 Å². The van der Waals surface area contributed by atoms with Crippen molar-refractivity contribution in [2.24, 2.45) is 0 Å². The van der Waals surface area contributed by atoms with E-state index in [-0.39, 0.29) is 176 Å². The molecule has 0 spiro atoms. The van der Waals surface area contributed by atoms with E-state index in [0.29, 0.717) is 0 Å². The van der Waals surface area contributed by atoms with Crippen molar-refractivity contribution in [2.45, 2.75) is 64.2 Å². The molecule has 300 valence electrons. The minimum absolute atomic E-state index is 0. The number of rotatable bonds is 0. The van der Waals surface area contributed by atoms with Crippen LogP contribution in [0, 0.1) is 60.8 Å². The second-order valence-electron chi connectivity index (χ2n) is 10.0. The average Bonchev–Trinajstić information content (AvgIpc) is 4.08. The molecule has 0 atom stereocenters. The monoisotopic (exact) mass is 1050 g/mol. The topological polar surface area (TPSA) is 0 Å². The van der Waals surface area contributed by atoms with Gasteiger partial charge in [-0.15, -0.1) is 64.2 Å². The fraction of sp³-hybridized carbons (Fsp3) is 0.200. The van der Waals surface area contributed by atoms with Gasteiger partial charge in [-0.05, 0) is 0 Å². The van der Waals surface area contributed by atoms with E-state index in [2.05, 4.69) is 122 Å². The molecular weight excluding hydrogens is 1000 g/mol. The van der Waals surface area contributed by atoms with Crippen molar-refractivity contribution < 1.29 is 109 Å². The minimum Gasteiger partial charge on any atom is -2.00 e. The van der Waals surface area contributed by atoms with Crippen molar-refractivity contribution >= 4 is 67.5 Å². The van der Waals surface area contributed by atoms with E-state index in [4.69, 9.17) is 0 Å². The first-order chi connectivity index (χ1) is 25.0. The Hall–Kier alpha value is 0.121. The first kappa shape index (κ1) is 83.7. The Balaban J connectivity index is -0.0000000568. The van der Waals surface area contributed by atoms with Gasteiger partial charge in [0.05, 0.1) is 0 Å². The quantitative estimate of drug-likeness (QED) is 0.168. The molecule has 0 heterocycles. The van der Waals surface area contributed by atoms with Gasteiger partial charge in [0.15, 0.2) is 0 Å². The standard InChI is InChI=1S/10C5H5.5S.5Ti/c10*1-2-4-5-3-1;;;;;;;;;;/h10*1-3H,4H2;;;;;;;;;;/q10*-1;5*-2;5*+4. The van der Waals surface area contributed by atoms with Crippen LogP contribution in [-0.4, -0.2) is 0 Å². The van der Waals surface area contributed by atoms with Gasteiger partial charge in [0.1, 0.15) is 0 Å². The molecule has 0 aromatic carbocycles. The Labute approximate surface area is 477 Å². The Morgan fingerprint density at radius 1 is 0.167 bits per heavy atom. The van der Waals surface area contributed by atoms with Gasteiger partial charge in [0.2, 0.25) is 0 Å². The molecule has 0 nitrogen and oxygen atoms in total. The van der Waals surface area contributed by atoms with E-state index in [0.717, 1.165) is 64.2 Å². The first-order valence-corrected chi connectivity index (χ1v) is 17.2. The van der Waals surface area contributed by atoms with Crippen LogP contribution < -0.4 is 0 Å². The second kappa shape index (κ2) is 79.5. The van der Waals surface area contributed by atoms with E-state index < -0.39 is 0 Å². The summed E-state index contributed by atoms with van der Waals surface area (Å²) in [4.78, 5) is 0. The Morgan fingerprint density at radius 3 is 0.267 bits per heavy atom. The van der Waals surface area contributed by atoms with Gasteiger partial charge in [-0.2, -0.15) is 60.8 Å². The number of allylic oxidation sites excluding steroid dienone is 40. The van der Waals surface area contributed by atoms with Crippen molar-refractivity contribution in [1.29, 1.82) is 0 Å². The molecule has 10 aliphatic carbocycles. The maximum absolute atomic E-state index is 2.99. The Morgan fingerprint density at radius 2 is 0.250 bits per heavy atom. The van der Waals surface area contributed by atoms with Crippen molar-refractivity contribution in [2.75, 3.05) is 0 Å². The van der Waals surface area contributed by atoms with E-state index in [1.165, 1.54) is 0 Å². The fourth-order valence-corrected chi connectivity index (χ4v) is 3.40. The van der Waals surface area contributed by atoms with Crippen LogP contribution in [0.4, 0.5) is 0 Å². The normalized spacial score (nSPS) is 14.7. The van der Waals surface area contributed by atoms with Crippen LogP contribution in [-0.2, 0) is 176 Å². The minimum atomic E-state index is 0. The molecule has 0 saturated carbocycles. The second-order valence-corrected chi connectivity index (χ2v) is 10.0. The maximum Gasteiger partial charge on any atom is 4.00 e. The zero-order valence-electron chi connectivity index (χ0n) is 33.9. The largest absolute Gasteiger partial charge is 4.00 e. The van der Waals surface area contributed by atoms with Gasteiger partial charge in [-0.1, -0.05) is 0 Å². The summed E-state index contributed by atoms with van der Waals surface area (Å²) in [6, 6.07) is 0. The van der Waals surface area contributed by atoms with Crippen molar-refractivity contribution in [3.05, 3.63) is 243 Å². The van der Waals surface area contributed by atoms with Gasteiger partial charge in [0.25, 0.3) is 0 Å². The third-order valence-electron chi connectivity index (χ3n) is 5.86. The Bertz CT molecular complexity index is 995. The SMILES string of the molecule is [C-]1=CC=CC1.[C-]1=CC=CC1.[C-]1=CC=CC1.[C-]1=CC=CC1.[C-]1=CC=CC1.[C-]1=CC=CC1.[C-]1=CC=CC1.[C-]1=CC=CC1.[C-]1=CC=CC1.[C-]1=CC=CC1.[S-2].[S-2].[S-2].[S-2].[S-2].[Ti+4].[Ti+4].[Ti+4].[Ti+4].[Ti+4]. The van der Waals surface area contributed by atoms with Gasteiger partial charge < -0.3 is 67.5 Å². The molecule has 0 aromatic heterocycles. The summed E-state index contributed by atoms with van der Waals surface area (Å²) >= 11 is 0. The molecule has 60 heavy (non-hydrogen) atoms. The summed E-state index contributed by atoms with van der Waals surface area (Å²) in [6.45, 7) is 0. The molecule has 0 amide bonds.